The van der Waals surface area contributed by atoms with Crippen LogP contribution in [0.4, 0.5) is 0 Å². The average Bonchev–Trinajstić information content (AvgIpc) is 2.64. The van der Waals surface area contributed by atoms with Gasteiger partial charge in [0.2, 0.25) is 0 Å². The van der Waals surface area contributed by atoms with E-state index in [2.05, 4.69) is 8.37 Å². The number of hydrogen-bond acceptors (Lipinski definition) is 15. The van der Waals surface area contributed by atoms with Crippen LogP contribution in [-0.4, -0.2) is 131 Å². The van der Waals surface area contributed by atoms with Crippen molar-refractivity contribution in [2.75, 3.05) is 13.2 Å². The number of hydrogen-bond donors (Lipinski definition) is 8. The molecule has 8 N–H and O–H groups in total. The largest absolute Gasteiger partial charge is 0.397 e. The highest BCUT2D eigenvalue weighted by molar-refractivity contribution is 7.81. The molecule has 184 valence electrons. The van der Waals surface area contributed by atoms with Crippen molar-refractivity contribution in [1.82, 2.24) is 0 Å². The first-order valence-electron chi connectivity index (χ1n) is 8.40. The SMILES string of the molecule is O=S(=O)(O)O[C@H]1[C@@H](O[C@H]2[C@H](O)[C@@H](OS(=O)(=O)O)C(O)O[C@@H]2CO)O[C@H](CO)[C@@H](O)[C@@H]1O. The molecule has 2 aliphatic heterocycles. The molecule has 0 amide bonds. The molecule has 0 spiro atoms. The first-order chi connectivity index (χ1) is 14.2. The summed E-state index contributed by atoms with van der Waals surface area (Å²) in [5.41, 5.74) is 0. The lowest BCUT2D eigenvalue weighted by molar-refractivity contribution is -0.350. The molecule has 0 radical (unpaired) electrons. The van der Waals surface area contributed by atoms with Crippen LogP contribution in [-0.2, 0) is 43.4 Å². The molecule has 2 saturated heterocycles. The van der Waals surface area contributed by atoms with Gasteiger partial charge in [-0.05, 0) is 0 Å². The maximum atomic E-state index is 11.1. The van der Waals surface area contributed by atoms with Gasteiger partial charge in [0.25, 0.3) is 0 Å². The highest BCUT2D eigenvalue weighted by Crippen LogP contribution is 2.31. The molecular formula is C12H22O17S2. The molecule has 2 aliphatic rings. The Labute approximate surface area is 175 Å². The summed E-state index contributed by atoms with van der Waals surface area (Å²) < 4.78 is 85.3. The van der Waals surface area contributed by atoms with Crippen LogP contribution in [0.5, 0.6) is 0 Å². The van der Waals surface area contributed by atoms with Gasteiger partial charge in [-0.2, -0.15) is 16.8 Å². The summed E-state index contributed by atoms with van der Waals surface area (Å²) >= 11 is 0. The molecule has 0 aromatic heterocycles. The van der Waals surface area contributed by atoms with E-state index in [1.165, 1.54) is 0 Å². The second-order valence-corrected chi connectivity index (χ2v) is 8.62. The molecule has 19 heteroatoms. The van der Waals surface area contributed by atoms with Gasteiger partial charge >= 0.3 is 20.8 Å². The third kappa shape index (κ3) is 6.69. The van der Waals surface area contributed by atoms with Crippen LogP contribution in [0.3, 0.4) is 0 Å². The van der Waals surface area contributed by atoms with Crippen molar-refractivity contribution in [1.29, 1.82) is 0 Å². The molecule has 0 saturated carbocycles. The number of aliphatic hydroxyl groups is 6. The fourth-order valence-corrected chi connectivity index (χ4v) is 4.01. The Morgan fingerprint density at radius 2 is 1.19 bits per heavy atom. The highest BCUT2D eigenvalue weighted by Gasteiger charge is 2.53. The van der Waals surface area contributed by atoms with Crippen LogP contribution in [0.2, 0.25) is 0 Å². The highest BCUT2D eigenvalue weighted by atomic mass is 32.3. The van der Waals surface area contributed by atoms with E-state index in [0.29, 0.717) is 0 Å². The summed E-state index contributed by atoms with van der Waals surface area (Å²) in [7, 11) is -10.5. The van der Waals surface area contributed by atoms with Crippen molar-refractivity contribution in [3.8, 4) is 0 Å². The molecular weight excluding hydrogens is 480 g/mol. The predicted octanol–water partition coefficient (Wildman–Crippen LogP) is -5.74. The molecule has 0 bridgehead atoms. The molecule has 1 unspecified atom stereocenters. The van der Waals surface area contributed by atoms with E-state index in [4.69, 9.17) is 23.3 Å². The average molecular weight is 502 g/mol. The van der Waals surface area contributed by atoms with Crippen molar-refractivity contribution in [2.24, 2.45) is 0 Å². The van der Waals surface area contributed by atoms with E-state index >= 15 is 0 Å². The van der Waals surface area contributed by atoms with E-state index in [0.717, 1.165) is 0 Å². The van der Waals surface area contributed by atoms with Gasteiger partial charge in [0.05, 0.1) is 13.2 Å². The van der Waals surface area contributed by atoms with Crippen molar-refractivity contribution < 1.29 is 79.2 Å². The summed E-state index contributed by atoms with van der Waals surface area (Å²) in [6.07, 6.45) is -20.0. The van der Waals surface area contributed by atoms with Crippen LogP contribution in [0.25, 0.3) is 0 Å². The number of rotatable bonds is 8. The standard InChI is InChI=1S/C12H22O17S2/c13-1-3-5(15)6(16)10(29-31(22,23)24)12(26-3)27-8-4(2-14)25-11(18)9(7(8)17)28-30(19,20)21/h3-18H,1-2H2,(H,19,20,21)(H,22,23,24)/t3-,4-,5-,6+,7+,8-,9-,10-,11?,12-/m1/s1. The first-order valence-corrected chi connectivity index (χ1v) is 11.1. The van der Waals surface area contributed by atoms with Gasteiger partial charge in [0, 0.05) is 0 Å². The predicted molar refractivity (Wildman–Crippen MR) is 89.4 cm³/mol. The Morgan fingerprint density at radius 3 is 1.68 bits per heavy atom. The second-order valence-electron chi connectivity index (χ2n) is 6.52. The van der Waals surface area contributed by atoms with Gasteiger partial charge < -0.3 is 44.8 Å². The number of aliphatic hydroxyl groups excluding tert-OH is 6. The fourth-order valence-electron chi connectivity index (χ4n) is 3.03. The van der Waals surface area contributed by atoms with E-state index in [9.17, 15) is 47.5 Å². The quantitative estimate of drug-likeness (QED) is 0.143. The molecule has 0 aromatic carbocycles. The smallest absolute Gasteiger partial charge is 0.394 e. The van der Waals surface area contributed by atoms with Crippen LogP contribution >= 0.6 is 0 Å². The molecule has 2 heterocycles. The molecule has 10 atom stereocenters. The molecule has 17 nitrogen and oxygen atoms in total. The van der Waals surface area contributed by atoms with Gasteiger partial charge in [-0.1, -0.05) is 0 Å². The molecule has 0 aromatic rings. The van der Waals surface area contributed by atoms with E-state index in [1.807, 2.05) is 0 Å². The minimum atomic E-state index is -5.27. The number of ether oxygens (including phenoxy) is 3. The normalized spacial score (nSPS) is 42.5. The Hall–Kier alpha value is -0.620. The molecule has 2 rings (SSSR count). The second kappa shape index (κ2) is 10.1. The van der Waals surface area contributed by atoms with Crippen LogP contribution in [0, 0.1) is 0 Å². The Morgan fingerprint density at radius 1 is 0.677 bits per heavy atom. The van der Waals surface area contributed by atoms with Crippen LogP contribution in [0.15, 0.2) is 0 Å². The lowest BCUT2D eigenvalue weighted by atomic mass is 9.97. The van der Waals surface area contributed by atoms with Gasteiger partial charge in [-0.3, -0.25) is 9.11 Å². The van der Waals surface area contributed by atoms with Gasteiger partial charge in [-0.25, -0.2) is 8.37 Å². The minimum absolute atomic E-state index is 0.920. The third-order valence-corrected chi connectivity index (χ3v) is 5.33. The molecule has 0 aliphatic carbocycles. The Kier molecular flexibility index (Phi) is 8.68. The van der Waals surface area contributed by atoms with Crippen LogP contribution < -0.4 is 0 Å². The van der Waals surface area contributed by atoms with Crippen molar-refractivity contribution in [2.45, 2.75) is 61.4 Å². The van der Waals surface area contributed by atoms with Crippen molar-refractivity contribution in [3.05, 3.63) is 0 Å². The van der Waals surface area contributed by atoms with E-state index < -0.39 is 95.4 Å². The zero-order valence-corrected chi connectivity index (χ0v) is 16.9. The Bertz CT molecular complexity index is 800. The van der Waals surface area contributed by atoms with Crippen molar-refractivity contribution >= 4 is 20.8 Å². The van der Waals surface area contributed by atoms with Crippen molar-refractivity contribution in [3.63, 3.8) is 0 Å². The maximum Gasteiger partial charge on any atom is 0.397 e. The monoisotopic (exact) mass is 502 g/mol. The van der Waals surface area contributed by atoms with Gasteiger partial charge in [0.1, 0.15) is 36.6 Å². The molecule has 31 heavy (non-hydrogen) atoms. The Balaban J connectivity index is 2.34. The fraction of sp³-hybridized carbons (Fsp3) is 1.00. The summed E-state index contributed by atoms with van der Waals surface area (Å²) in [6, 6.07) is 0. The zero-order chi connectivity index (χ0) is 23.7. The van der Waals surface area contributed by atoms with E-state index in [-0.39, 0.29) is 0 Å². The minimum Gasteiger partial charge on any atom is -0.394 e. The maximum absolute atomic E-state index is 11.1. The van der Waals surface area contributed by atoms with E-state index in [1.54, 1.807) is 0 Å². The lowest BCUT2D eigenvalue weighted by Crippen LogP contribution is -2.65. The zero-order valence-electron chi connectivity index (χ0n) is 15.3. The van der Waals surface area contributed by atoms with Crippen LogP contribution in [0.1, 0.15) is 0 Å². The van der Waals surface area contributed by atoms with Gasteiger partial charge in [0.15, 0.2) is 24.8 Å². The summed E-state index contributed by atoms with van der Waals surface area (Å²) in [4.78, 5) is 0. The summed E-state index contributed by atoms with van der Waals surface area (Å²) in [5, 5.41) is 58.8. The summed E-state index contributed by atoms with van der Waals surface area (Å²) in [5.74, 6) is 0. The van der Waals surface area contributed by atoms with Gasteiger partial charge in [-0.15, -0.1) is 0 Å². The molecule has 2 fully saturated rings. The summed E-state index contributed by atoms with van der Waals surface area (Å²) in [6.45, 7) is -1.89. The first kappa shape index (κ1) is 26.6. The topological polar surface area (TPSA) is 276 Å². The lowest BCUT2D eigenvalue weighted by Gasteiger charge is -2.46. The third-order valence-electron chi connectivity index (χ3n) is 4.40.